The monoisotopic (exact) mass is 494 g/mol. The fourth-order valence-corrected chi connectivity index (χ4v) is 4.56. The highest BCUT2D eigenvalue weighted by Gasteiger charge is 2.46. The molecule has 2 heterocycles. The molecule has 0 spiro atoms. The lowest BCUT2D eigenvalue weighted by molar-refractivity contribution is -0.140. The van der Waals surface area contributed by atoms with Gasteiger partial charge in [-0.25, -0.2) is 0 Å². The van der Waals surface area contributed by atoms with Crippen molar-refractivity contribution in [1.82, 2.24) is 9.80 Å². The Morgan fingerprint density at radius 3 is 2.39 bits per heavy atom. The fraction of sp³-hybridized carbons (Fsp3) is 0.429. The Hall–Kier alpha value is -3.52. The quantitative estimate of drug-likeness (QED) is 0.303. The highest BCUT2D eigenvalue weighted by molar-refractivity contribution is 6.46. The second-order valence-electron chi connectivity index (χ2n) is 8.80. The van der Waals surface area contributed by atoms with Crippen molar-refractivity contribution in [3.8, 4) is 17.2 Å². The van der Waals surface area contributed by atoms with Crippen LogP contribution in [0.4, 0.5) is 0 Å². The number of likely N-dealkylation sites (N-methyl/N-ethyl adjacent to an activating group) is 1. The van der Waals surface area contributed by atoms with Crippen molar-refractivity contribution < 1.29 is 28.9 Å². The molecule has 4 rings (SSSR count). The van der Waals surface area contributed by atoms with Crippen LogP contribution in [0.2, 0.25) is 0 Å². The van der Waals surface area contributed by atoms with Crippen molar-refractivity contribution in [3.05, 3.63) is 59.2 Å². The van der Waals surface area contributed by atoms with Crippen LogP contribution in [-0.2, 0) is 9.59 Å². The van der Waals surface area contributed by atoms with Crippen LogP contribution in [0.3, 0.4) is 0 Å². The molecule has 2 aliphatic heterocycles. The van der Waals surface area contributed by atoms with Crippen molar-refractivity contribution in [2.45, 2.75) is 33.2 Å². The van der Waals surface area contributed by atoms with E-state index in [1.54, 1.807) is 23.1 Å². The molecular weight excluding hydrogens is 460 g/mol. The number of carbonyl (C=O) groups excluding carboxylic acids is 2. The topological polar surface area (TPSA) is 88.5 Å². The standard InChI is InChI=1S/C28H34N2O6/c1-4-15-34-21-10-7-19(8-11-21)25-24(27(32)28(33)30(25)14-13-29(5-2)6-3)26(31)20-9-12-22-23(18-20)36-17-16-35-22/h7-12,18,25,31H,4-6,13-17H2,1-3H3/t25-/m1/s1. The fourth-order valence-electron chi connectivity index (χ4n) is 4.56. The Morgan fingerprint density at radius 2 is 1.72 bits per heavy atom. The van der Waals surface area contributed by atoms with Gasteiger partial charge in [0.25, 0.3) is 11.7 Å². The molecule has 2 aliphatic rings. The summed E-state index contributed by atoms with van der Waals surface area (Å²) in [5.74, 6) is 0.252. The summed E-state index contributed by atoms with van der Waals surface area (Å²) in [6.45, 7) is 10.3. The molecule has 1 saturated heterocycles. The summed E-state index contributed by atoms with van der Waals surface area (Å²) in [5.41, 5.74) is 1.20. The first kappa shape index (κ1) is 25.6. The highest BCUT2D eigenvalue weighted by Crippen LogP contribution is 2.41. The number of amides is 1. The van der Waals surface area contributed by atoms with Crippen molar-refractivity contribution in [1.29, 1.82) is 0 Å². The molecule has 0 aliphatic carbocycles. The number of fused-ring (bicyclic) bond motifs is 1. The van der Waals surface area contributed by atoms with Crippen molar-refractivity contribution in [3.63, 3.8) is 0 Å². The SMILES string of the molecule is CCCOc1ccc([C@@H]2C(=C(O)c3ccc4c(c3)OCCO4)C(=O)C(=O)N2CCN(CC)CC)cc1. The zero-order chi connectivity index (χ0) is 25.7. The maximum atomic E-state index is 13.3. The largest absolute Gasteiger partial charge is 0.507 e. The summed E-state index contributed by atoms with van der Waals surface area (Å²) in [6.07, 6.45) is 0.892. The van der Waals surface area contributed by atoms with Gasteiger partial charge in [-0.3, -0.25) is 9.59 Å². The number of carbonyl (C=O) groups is 2. The number of rotatable bonds is 10. The average molecular weight is 495 g/mol. The Labute approximate surface area is 212 Å². The van der Waals surface area contributed by atoms with E-state index < -0.39 is 17.7 Å². The minimum atomic E-state index is -0.714. The molecule has 0 unspecified atom stereocenters. The van der Waals surface area contributed by atoms with Gasteiger partial charge in [0, 0.05) is 18.7 Å². The van der Waals surface area contributed by atoms with E-state index in [4.69, 9.17) is 14.2 Å². The van der Waals surface area contributed by atoms with Crippen LogP contribution >= 0.6 is 0 Å². The molecule has 1 atom stereocenters. The third-order valence-electron chi connectivity index (χ3n) is 6.58. The molecule has 1 N–H and O–H groups in total. The number of ether oxygens (including phenoxy) is 3. The summed E-state index contributed by atoms with van der Waals surface area (Å²) in [5, 5.41) is 11.3. The van der Waals surface area contributed by atoms with Crippen LogP contribution in [0, 0.1) is 0 Å². The summed E-state index contributed by atoms with van der Waals surface area (Å²) in [7, 11) is 0. The zero-order valence-corrected chi connectivity index (χ0v) is 21.2. The molecule has 0 saturated carbocycles. The lowest BCUT2D eigenvalue weighted by Crippen LogP contribution is -2.38. The number of benzene rings is 2. The summed E-state index contributed by atoms with van der Waals surface area (Å²) < 4.78 is 16.9. The number of aliphatic hydroxyl groups is 1. The molecular formula is C28H34N2O6. The van der Waals surface area contributed by atoms with Gasteiger partial charge in [0.2, 0.25) is 0 Å². The molecule has 1 fully saturated rings. The van der Waals surface area contributed by atoms with Crippen molar-refractivity contribution >= 4 is 17.4 Å². The number of Topliss-reactive ketones (excluding diaryl/α,β-unsaturated/α-hetero) is 1. The van der Waals surface area contributed by atoms with Gasteiger partial charge in [0.05, 0.1) is 18.2 Å². The minimum Gasteiger partial charge on any atom is -0.507 e. The molecule has 0 bridgehead atoms. The van der Waals surface area contributed by atoms with E-state index in [9.17, 15) is 14.7 Å². The molecule has 8 nitrogen and oxygen atoms in total. The van der Waals surface area contributed by atoms with Gasteiger partial charge in [-0.05, 0) is 55.4 Å². The predicted octanol–water partition coefficient (Wildman–Crippen LogP) is 4.01. The molecule has 0 radical (unpaired) electrons. The van der Waals surface area contributed by atoms with Gasteiger partial charge < -0.3 is 29.1 Å². The second-order valence-corrected chi connectivity index (χ2v) is 8.80. The van der Waals surface area contributed by atoms with Crippen molar-refractivity contribution in [2.24, 2.45) is 0 Å². The summed E-state index contributed by atoms with van der Waals surface area (Å²) in [6, 6.07) is 11.7. The number of nitrogens with zero attached hydrogens (tertiary/aromatic N) is 2. The Balaban J connectivity index is 1.75. The van der Waals surface area contributed by atoms with E-state index in [0.717, 1.165) is 25.1 Å². The minimum absolute atomic E-state index is 0.0680. The van der Waals surface area contributed by atoms with Gasteiger partial charge in [0.1, 0.15) is 24.7 Å². The van der Waals surface area contributed by atoms with E-state index in [-0.39, 0.29) is 11.3 Å². The van der Waals surface area contributed by atoms with E-state index >= 15 is 0 Å². The second kappa shape index (κ2) is 11.5. The number of hydrogen-bond donors (Lipinski definition) is 1. The molecule has 36 heavy (non-hydrogen) atoms. The predicted molar refractivity (Wildman–Crippen MR) is 136 cm³/mol. The Kier molecular flexibility index (Phi) is 8.15. The highest BCUT2D eigenvalue weighted by atomic mass is 16.6. The lowest BCUT2D eigenvalue weighted by Gasteiger charge is -2.28. The van der Waals surface area contributed by atoms with Crippen LogP contribution < -0.4 is 14.2 Å². The van der Waals surface area contributed by atoms with Crippen LogP contribution in [0.25, 0.3) is 5.76 Å². The molecule has 2 aromatic carbocycles. The Morgan fingerprint density at radius 1 is 1.03 bits per heavy atom. The number of likely N-dealkylation sites (tertiary alicyclic amines) is 1. The average Bonchev–Trinajstić information content (AvgIpc) is 3.17. The zero-order valence-electron chi connectivity index (χ0n) is 21.2. The molecule has 192 valence electrons. The molecule has 8 heteroatoms. The Bertz CT molecular complexity index is 1120. The van der Waals surface area contributed by atoms with E-state index in [1.165, 1.54) is 0 Å². The van der Waals surface area contributed by atoms with Crippen molar-refractivity contribution in [2.75, 3.05) is 46.0 Å². The van der Waals surface area contributed by atoms with Gasteiger partial charge >= 0.3 is 0 Å². The van der Waals surface area contributed by atoms with Crippen LogP contribution in [-0.4, -0.2) is 72.6 Å². The number of hydrogen-bond acceptors (Lipinski definition) is 7. The molecule has 1 amide bonds. The molecule has 2 aromatic rings. The van der Waals surface area contributed by atoms with Gasteiger partial charge in [-0.2, -0.15) is 0 Å². The van der Waals surface area contributed by atoms with Gasteiger partial charge in [-0.1, -0.05) is 32.9 Å². The number of ketones is 1. The van der Waals surface area contributed by atoms with Crippen LogP contribution in [0.1, 0.15) is 44.4 Å². The van der Waals surface area contributed by atoms with E-state index in [0.29, 0.717) is 55.7 Å². The smallest absolute Gasteiger partial charge is 0.295 e. The maximum Gasteiger partial charge on any atom is 0.295 e. The van der Waals surface area contributed by atoms with E-state index in [2.05, 4.69) is 18.7 Å². The number of aliphatic hydroxyl groups excluding tert-OH is 1. The first-order valence-corrected chi connectivity index (χ1v) is 12.6. The van der Waals surface area contributed by atoms with E-state index in [1.807, 2.05) is 31.2 Å². The lowest BCUT2D eigenvalue weighted by atomic mass is 9.95. The first-order valence-electron chi connectivity index (χ1n) is 12.6. The van der Waals surface area contributed by atoms with Crippen LogP contribution in [0.5, 0.6) is 17.2 Å². The summed E-state index contributed by atoms with van der Waals surface area (Å²) in [4.78, 5) is 30.3. The van der Waals surface area contributed by atoms with Crippen LogP contribution in [0.15, 0.2) is 48.0 Å². The van der Waals surface area contributed by atoms with Gasteiger partial charge in [-0.15, -0.1) is 0 Å². The first-order chi connectivity index (χ1) is 17.5. The maximum absolute atomic E-state index is 13.3. The normalized spacial score (nSPS) is 18.7. The summed E-state index contributed by atoms with van der Waals surface area (Å²) >= 11 is 0. The third-order valence-corrected chi connectivity index (χ3v) is 6.58. The third kappa shape index (κ3) is 5.18. The van der Waals surface area contributed by atoms with Gasteiger partial charge in [0.15, 0.2) is 11.5 Å². The molecule has 0 aromatic heterocycles.